The summed E-state index contributed by atoms with van der Waals surface area (Å²) in [5.41, 5.74) is 0.714. The Morgan fingerprint density at radius 2 is 2.21 bits per heavy atom. The molecule has 0 saturated carbocycles. The zero-order chi connectivity index (χ0) is 10.3. The number of carboxylic acid groups (broad SMARTS) is 1. The van der Waals surface area contributed by atoms with Gasteiger partial charge in [-0.15, -0.1) is 0 Å². The molecule has 2 heterocycles. The maximum Gasteiger partial charge on any atom is 0.337 e. The first-order valence-electron chi connectivity index (χ1n) is 4.11. The first-order chi connectivity index (χ1) is 6.48. The van der Waals surface area contributed by atoms with Crippen molar-refractivity contribution in [2.24, 2.45) is 0 Å². The predicted molar refractivity (Wildman–Crippen MR) is 48.9 cm³/mol. The summed E-state index contributed by atoms with van der Waals surface area (Å²) in [6.07, 6.45) is 1.48. The first kappa shape index (κ1) is 9.26. The number of hydrogen-bond donors (Lipinski definition) is 1. The molecule has 5 nitrogen and oxygen atoms in total. The molecule has 0 spiro atoms. The monoisotopic (exact) mass is 215 g/mol. The van der Waals surface area contributed by atoms with Crippen molar-refractivity contribution in [1.29, 1.82) is 0 Å². The molecule has 1 aliphatic heterocycles. The van der Waals surface area contributed by atoms with Gasteiger partial charge >= 0.3 is 5.97 Å². The number of aromatic carboxylic acids is 1. The fraction of sp³-hybridized carbons (Fsp3) is 0.375. The van der Waals surface area contributed by atoms with Crippen molar-refractivity contribution in [1.82, 2.24) is 4.57 Å². The van der Waals surface area contributed by atoms with Crippen LogP contribution in [0.25, 0.3) is 0 Å². The molecular weight excluding hydrogens is 206 g/mol. The molecular formula is C8H9NO4S. The summed E-state index contributed by atoms with van der Waals surface area (Å²) >= 11 is 0. The topological polar surface area (TPSA) is 76.4 Å². The lowest BCUT2D eigenvalue weighted by molar-refractivity contribution is 0.0697. The fourth-order valence-corrected chi connectivity index (χ4v) is 2.85. The molecule has 0 unspecified atom stereocenters. The minimum absolute atomic E-state index is 0.0553. The lowest BCUT2D eigenvalue weighted by atomic mass is 10.3. The Balaban J connectivity index is 2.44. The molecule has 1 aliphatic rings. The van der Waals surface area contributed by atoms with Gasteiger partial charge < -0.3 is 9.67 Å². The number of carboxylic acids is 1. The van der Waals surface area contributed by atoms with E-state index in [1.54, 1.807) is 4.57 Å². The van der Waals surface area contributed by atoms with Gasteiger partial charge in [-0.1, -0.05) is 0 Å². The van der Waals surface area contributed by atoms with E-state index in [1.807, 2.05) is 0 Å². The van der Waals surface area contributed by atoms with E-state index in [9.17, 15) is 13.2 Å². The van der Waals surface area contributed by atoms with Crippen LogP contribution < -0.4 is 0 Å². The molecule has 0 aliphatic carbocycles. The molecule has 14 heavy (non-hydrogen) atoms. The van der Waals surface area contributed by atoms with E-state index < -0.39 is 15.8 Å². The summed E-state index contributed by atoms with van der Waals surface area (Å²) in [6.45, 7) is 0.352. The van der Waals surface area contributed by atoms with Gasteiger partial charge in [-0.05, 0) is 6.07 Å². The zero-order valence-electron chi connectivity index (χ0n) is 7.30. The molecule has 76 valence electrons. The van der Waals surface area contributed by atoms with E-state index in [0.29, 0.717) is 12.2 Å². The average Bonchev–Trinajstić information content (AvgIpc) is 2.45. The van der Waals surface area contributed by atoms with Crippen LogP contribution in [-0.4, -0.2) is 29.8 Å². The third-order valence-electron chi connectivity index (χ3n) is 2.24. The minimum Gasteiger partial charge on any atom is -0.478 e. The molecule has 1 aromatic rings. The Morgan fingerprint density at radius 3 is 2.86 bits per heavy atom. The normalized spacial score (nSPS) is 18.9. The molecule has 0 bridgehead atoms. The van der Waals surface area contributed by atoms with Crippen LogP contribution in [-0.2, 0) is 22.1 Å². The van der Waals surface area contributed by atoms with E-state index in [2.05, 4.69) is 0 Å². The molecule has 0 radical (unpaired) electrons. The van der Waals surface area contributed by atoms with Crippen molar-refractivity contribution in [3.05, 3.63) is 23.5 Å². The SMILES string of the molecule is O=C(O)c1cc2n(c1)CCS(=O)(=O)C2. The number of nitrogens with zero attached hydrogens (tertiary/aromatic N) is 1. The average molecular weight is 215 g/mol. The van der Waals surface area contributed by atoms with Crippen LogP contribution in [0.15, 0.2) is 12.3 Å². The van der Waals surface area contributed by atoms with Crippen LogP contribution in [0, 0.1) is 0 Å². The Morgan fingerprint density at radius 1 is 1.50 bits per heavy atom. The molecule has 0 aromatic carbocycles. The van der Waals surface area contributed by atoms with Crippen LogP contribution in [0.3, 0.4) is 0 Å². The highest BCUT2D eigenvalue weighted by Crippen LogP contribution is 2.17. The second-order valence-corrected chi connectivity index (χ2v) is 5.49. The lowest BCUT2D eigenvalue weighted by Crippen LogP contribution is -2.22. The summed E-state index contributed by atoms with van der Waals surface area (Å²) in [7, 11) is -3.02. The highest BCUT2D eigenvalue weighted by molar-refractivity contribution is 7.90. The maximum absolute atomic E-state index is 11.2. The number of rotatable bonds is 1. The summed E-state index contributed by atoms with van der Waals surface area (Å²) in [4.78, 5) is 10.6. The largest absolute Gasteiger partial charge is 0.478 e. The smallest absolute Gasteiger partial charge is 0.337 e. The highest BCUT2D eigenvalue weighted by Gasteiger charge is 2.22. The van der Waals surface area contributed by atoms with E-state index in [4.69, 9.17) is 5.11 Å². The lowest BCUT2D eigenvalue weighted by Gasteiger charge is -2.14. The van der Waals surface area contributed by atoms with Gasteiger partial charge in [0.25, 0.3) is 0 Å². The van der Waals surface area contributed by atoms with Gasteiger partial charge in [0.15, 0.2) is 9.84 Å². The molecule has 6 heteroatoms. The molecule has 0 amide bonds. The van der Waals surface area contributed by atoms with Gasteiger partial charge in [0.05, 0.1) is 17.1 Å². The van der Waals surface area contributed by atoms with Crippen LogP contribution >= 0.6 is 0 Å². The summed E-state index contributed by atoms with van der Waals surface area (Å²) in [5.74, 6) is -0.988. The molecule has 1 aromatic heterocycles. The number of fused-ring (bicyclic) bond motifs is 1. The standard InChI is InChI=1S/C8H9NO4S/c10-8(11)6-3-7-5-14(12,13)2-1-9(7)4-6/h3-4H,1-2,5H2,(H,10,11). The summed E-state index contributed by atoms with van der Waals surface area (Å²) in [6, 6.07) is 1.42. The van der Waals surface area contributed by atoms with Crippen molar-refractivity contribution in [3.63, 3.8) is 0 Å². The van der Waals surface area contributed by atoms with Crippen molar-refractivity contribution in [2.45, 2.75) is 12.3 Å². The van der Waals surface area contributed by atoms with Crippen molar-refractivity contribution in [2.75, 3.05) is 5.75 Å². The Kier molecular flexibility index (Phi) is 1.88. The fourth-order valence-electron chi connectivity index (χ4n) is 1.54. The van der Waals surface area contributed by atoms with Gasteiger partial charge in [0.1, 0.15) is 0 Å². The number of sulfone groups is 1. The third-order valence-corrected chi connectivity index (χ3v) is 3.78. The Labute approximate surface area is 80.9 Å². The number of hydrogen-bond acceptors (Lipinski definition) is 3. The third kappa shape index (κ3) is 1.52. The highest BCUT2D eigenvalue weighted by atomic mass is 32.2. The first-order valence-corrected chi connectivity index (χ1v) is 5.93. The Bertz CT molecular complexity index is 485. The molecule has 2 rings (SSSR count). The zero-order valence-corrected chi connectivity index (χ0v) is 8.12. The van der Waals surface area contributed by atoms with Gasteiger partial charge in [0, 0.05) is 18.4 Å². The quantitative estimate of drug-likeness (QED) is 0.721. The molecule has 0 fully saturated rings. The van der Waals surface area contributed by atoms with E-state index in [-0.39, 0.29) is 17.1 Å². The maximum atomic E-state index is 11.2. The van der Waals surface area contributed by atoms with Crippen LogP contribution in [0.1, 0.15) is 16.1 Å². The second kappa shape index (κ2) is 2.84. The van der Waals surface area contributed by atoms with Gasteiger partial charge in [-0.25, -0.2) is 13.2 Å². The van der Waals surface area contributed by atoms with E-state index in [0.717, 1.165) is 0 Å². The summed E-state index contributed by atoms with van der Waals surface area (Å²) < 4.78 is 24.1. The van der Waals surface area contributed by atoms with Gasteiger partial charge in [0.2, 0.25) is 0 Å². The van der Waals surface area contributed by atoms with E-state index in [1.165, 1.54) is 12.3 Å². The van der Waals surface area contributed by atoms with Crippen molar-refractivity contribution >= 4 is 15.8 Å². The Hall–Kier alpha value is -1.30. The molecule has 1 N–H and O–H groups in total. The molecule has 0 saturated heterocycles. The number of aryl methyl sites for hydroxylation is 1. The number of aromatic nitrogens is 1. The van der Waals surface area contributed by atoms with Crippen LogP contribution in [0.5, 0.6) is 0 Å². The number of carbonyl (C=O) groups is 1. The van der Waals surface area contributed by atoms with Crippen molar-refractivity contribution < 1.29 is 18.3 Å². The summed E-state index contributed by atoms with van der Waals surface area (Å²) in [5, 5.41) is 8.70. The minimum atomic E-state index is -3.02. The van der Waals surface area contributed by atoms with E-state index >= 15 is 0 Å². The van der Waals surface area contributed by atoms with Crippen LogP contribution in [0.4, 0.5) is 0 Å². The van der Waals surface area contributed by atoms with Gasteiger partial charge in [-0.3, -0.25) is 0 Å². The second-order valence-electron chi connectivity index (χ2n) is 3.31. The molecule has 0 atom stereocenters. The van der Waals surface area contributed by atoms with Crippen molar-refractivity contribution in [3.8, 4) is 0 Å². The predicted octanol–water partition coefficient (Wildman–Crippen LogP) is 0.115. The van der Waals surface area contributed by atoms with Gasteiger partial charge in [-0.2, -0.15) is 0 Å². The van der Waals surface area contributed by atoms with Crippen LogP contribution in [0.2, 0.25) is 0 Å².